The van der Waals surface area contributed by atoms with Crippen LogP contribution in [0.1, 0.15) is 33.1 Å². The molecule has 0 spiro atoms. The van der Waals surface area contributed by atoms with Crippen molar-refractivity contribution in [3.8, 4) is 0 Å². The number of esters is 1. The van der Waals surface area contributed by atoms with Gasteiger partial charge in [-0.3, -0.25) is 0 Å². The summed E-state index contributed by atoms with van der Waals surface area (Å²) in [5, 5.41) is 8.36. The number of carbonyl (C=O) groups is 2. The van der Waals surface area contributed by atoms with E-state index in [-0.39, 0.29) is 5.57 Å². The van der Waals surface area contributed by atoms with Crippen LogP contribution in [0.25, 0.3) is 0 Å². The van der Waals surface area contributed by atoms with Crippen molar-refractivity contribution in [3.63, 3.8) is 0 Å². The van der Waals surface area contributed by atoms with Crippen LogP contribution < -0.4 is 0 Å². The van der Waals surface area contributed by atoms with E-state index in [1.54, 1.807) is 0 Å². The minimum atomic E-state index is -1.13. The zero-order valence-corrected chi connectivity index (χ0v) is 8.58. The molecule has 0 aliphatic carbocycles. The van der Waals surface area contributed by atoms with Crippen molar-refractivity contribution < 1.29 is 19.4 Å². The lowest BCUT2D eigenvalue weighted by Gasteiger charge is -2.03. The third-order valence-electron chi connectivity index (χ3n) is 1.64. The fourth-order valence-electron chi connectivity index (χ4n) is 0.875. The first-order chi connectivity index (χ1) is 6.57. The van der Waals surface area contributed by atoms with Gasteiger partial charge in [-0.05, 0) is 13.3 Å². The Morgan fingerprint density at radius 1 is 1.36 bits per heavy atom. The third-order valence-corrected chi connectivity index (χ3v) is 1.64. The predicted molar refractivity (Wildman–Crippen MR) is 51.9 cm³/mol. The maximum Gasteiger partial charge on any atom is 0.333 e. The number of aliphatic carboxylic acids is 1. The maximum absolute atomic E-state index is 11.1. The Kier molecular flexibility index (Phi) is 6.45. The van der Waals surface area contributed by atoms with Crippen LogP contribution in [0.4, 0.5) is 0 Å². The smallest absolute Gasteiger partial charge is 0.333 e. The Morgan fingerprint density at radius 3 is 2.50 bits per heavy atom. The summed E-state index contributed by atoms with van der Waals surface area (Å²) in [5.74, 6) is -1.68. The van der Waals surface area contributed by atoms with Crippen molar-refractivity contribution in [2.45, 2.75) is 33.1 Å². The Bertz CT molecular complexity index is 230. The monoisotopic (exact) mass is 200 g/mol. The first-order valence-corrected chi connectivity index (χ1v) is 4.66. The lowest BCUT2D eigenvalue weighted by molar-refractivity contribution is -0.140. The fraction of sp³-hybridized carbons (Fsp3) is 0.600. The molecule has 0 saturated carbocycles. The second-order valence-corrected chi connectivity index (χ2v) is 3.01. The molecule has 0 bridgehead atoms. The Labute approximate surface area is 83.6 Å². The molecule has 1 N–H and O–H groups in total. The third kappa shape index (κ3) is 6.22. The van der Waals surface area contributed by atoms with Crippen LogP contribution in [-0.4, -0.2) is 23.7 Å². The predicted octanol–water partition coefficient (Wildman–Crippen LogP) is 1.75. The summed E-state index contributed by atoms with van der Waals surface area (Å²) >= 11 is 0. The van der Waals surface area contributed by atoms with Crippen LogP contribution >= 0.6 is 0 Å². The topological polar surface area (TPSA) is 63.6 Å². The molecule has 0 radical (unpaired) electrons. The van der Waals surface area contributed by atoms with Crippen molar-refractivity contribution in [1.29, 1.82) is 0 Å². The number of hydrogen-bond donors (Lipinski definition) is 1. The molecular weight excluding hydrogens is 184 g/mol. The minimum Gasteiger partial charge on any atom is -0.478 e. The van der Waals surface area contributed by atoms with Gasteiger partial charge >= 0.3 is 11.9 Å². The standard InChI is InChI=1S/C10H16O4/c1-3-4-5-6-14-10(13)8(2)7-9(11)12/h7H,3-6H2,1-2H3,(H,11,12). The highest BCUT2D eigenvalue weighted by Gasteiger charge is 2.06. The van der Waals surface area contributed by atoms with E-state index in [0.29, 0.717) is 6.61 Å². The molecule has 4 heteroatoms. The zero-order valence-electron chi connectivity index (χ0n) is 8.58. The first kappa shape index (κ1) is 12.7. The normalized spacial score (nSPS) is 11.1. The second-order valence-electron chi connectivity index (χ2n) is 3.01. The number of unbranched alkanes of at least 4 members (excludes halogenated alkanes) is 2. The summed E-state index contributed by atoms with van der Waals surface area (Å²) in [5.41, 5.74) is 0.119. The highest BCUT2D eigenvalue weighted by molar-refractivity contribution is 5.95. The highest BCUT2D eigenvalue weighted by Crippen LogP contribution is 1.99. The molecule has 0 aromatic rings. The Morgan fingerprint density at radius 2 is 2.00 bits per heavy atom. The maximum atomic E-state index is 11.1. The van der Waals surface area contributed by atoms with Crippen LogP contribution in [0.2, 0.25) is 0 Å². The molecule has 0 amide bonds. The largest absolute Gasteiger partial charge is 0.478 e. The summed E-state index contributed by atoms with van der Waals surface area (Å²) in [6.45, 7) is 3.84. The molecular formula is C10H16O4. The number of carboxylic acid groups (broad SMARTS) is 1. The van der Waals surface area contributed by atoms with E-state index in [4.69, 9.17) is 9.84 Å². The molecule has 0 saturated heterocycles. The Balaban J connectivity index is 3.79. The van der Waals surface area contributed by atoms with Gasteiger partial charge in [0.1, 0.15) is 0 Å². The van der Waals surface area contributed by atoms with Crippen LogP contribution in [0.15, 0.2) is 11.6 Å². The van der Waals surface area contributed by atoms with Crippen LogP contribution in [0, 0.1) is 0 Å². The SMILES string of the molecule is CCCCCOC(=O)C(C)=CC(=O)O. The number of ether oxygens (including phenoxy) is 1. The molecule has 0 rings (SSSR count). The quantitative estimate of drug-likeness (QED) is 0.403. The molecule has 4 nitrogen and oxygen atoms in total. The van der Waals surface area contributed by atoms with E-state index < -0.39 is 11.9 Å². The number of carboxylic acids is 1. The average molecular weight is 200 g/mol. The van der Waals surface area contributed by atoms with Gasteiger partial charge in [0, 0.05) is 11.6 Å². The molecule has 80 valence electrons. The number of hydrogen-bond acceptors (Lipinski definition) is 3. The van der Waals surface area contributed by atoms with Crippen LogP contribution in [-0.2, 0) is 14.3 Å². The van der Waals surface area contributed by atoms with Crippen molar-refractivity contribution in [2.24, 2.45) is 0 Å². The summed E-state index contributed by atoms with van der Waals surface area (Å²) in [6.07, 6.45) is 3.74. The summed E-state index contributed by atoms with van der Waals surface area (Å²) in [7, 11) is 0. The van der Waals surface area contributed by atoms with E-state index in [2.05, 4.69) is 6.92 Å². The van der Waals surface area contributed by atoms with Gasteiger partial charge in [-0.1, -0.05) is 19.8 Å². The minimum absolute atomic E-state index is 0.119. The van der Waals surface area contributed by atoms with Gasteiger partial charge in [0.25, 0.3) is 0 Å². The number of carbonyl (C=O) groups excluding carboxylic acids is 1. The van der Waals surface area contributed by atoms with E-state index in [1.807, 2.05) is 0 Å². The molecule has 0 aliphatic rings. The van der Waals surface area contributed by atoms with Gasteiger partial charge in [0.15, 0.2) is 0 Å². The lowest BCUT2D eigenvalue weighted by Crippen LogP contribution is -2.08. The fourth-order valence-corrected chi connectivity index (χ4v) is 0.875. The van der Waals surface area contributed by atoms with Crippen molar-refractivity contribution >= 4 is 11.9 Å². The highest BCUT2D eigenvalue weighted by atomic mass is 16.5. The summed E-state index contributed by atoms with van der Waals surface area (Å²) in [4.78, 5) is 21.3. The van der Waals surface area contributed by atoms with E-state index >= 15 is 0 Å². The molecule has 0 atom stereocenters. The van der Waals surface area contributed by atoms with E-state index in [1.165, 1.54) is 6.92 Å². The number of rotatable bonds is 6. The summed E-state index contributed by atoms with van der Waals surface area (Å²) < 4.78 is 4.84. The van der Waals surface area contributed by atoms with Gasteiger partial charge in [-0.15, -0.1) is 0 Å². The van der Waals surface area contributed by atoms with Gasteiger partial charge in [0.2, 0.25) is 0 Å². The van der Waals surface area contributed by atoms with Crippen LogP contribution in [0.3, 0.4) is 0 Å². The van der Waals surface area contributed by atoms with Gasteiger partial charge in [-0.25, -0.2) is 9.59 Å². The molecule has 0 aromatic heterocycles. The molecule has 14 heavy (non-hydrogen) atoms. The van der Waals surface area contributed by atoms with Crippen molar-refractivity contribution in [2.75, 3.05) is 6.61 Å². The molecule has 0 aliphatic heterocycles. The average Bonchev–Trinajstić information content (AvgIpc) is 2.11. The van der Waals surface area contributed by atoms with Gasteiger partial charge in [-0.2, -0.15) is 0 Å². The van der Waals surface area contributed by atoms with E-state index in [9.17, 15) is 9.59 Å². The van der Waals surface area contributed by atoms with Gasteiger partial charge in [0.05, 0.1) is 6.61 Å². The second kappa shape index (κ2) is 7.12. The molecule has 0 aromatic carbocycles. The molecule has 0 fully saturated rings. The lowest BCUT2D eigenvalue weighted by atomic mass is 10.2. The summed E-state index contributed by atoms with van der Waals surface area (Å²) in [6, 6.07) is 0. The van der Waals surface area contributed by atoms with E-state index in [0.717, 1.165) is 25.3 Å². The Hall–Kier alpha value is -1.32. The van der Waals surface area contributed by atoms with Crippen molar-refractivity contribution in [3.05, 3.63) is 11.6 Å². The first-order valence-electron chi connectivity index (χ1n) is 4.66. The van der Waals surface area contributed by atoms with Crippen LogP contribution in [0.5, 0.6) is 0 Å². The zero-order chi connectivity index (χ0) is 11.0. The molecule has 0 unspecified atom stereocenters. The molecule has 0 heterocycles. The van der Waals surface area contributed by atoms with Crippen molar-refractivity contribution in [1.82, 2.24) is 0 Å². The van der Waals surface area contributed by atoms with Gasteiger partial charge < -0.3 is 9.84 Å².